The van der Waals surface area contributed by atoms with E-state index in [2.05, 4.69) is 69.1 Å². The summed E-state index contributed by atoms with van der Waals surface area (Å²) >= 11 is 3.66. The van der Waals surface area contributed by atoms with Crippen molar-refractivity contribution < 1.29 is 0 Å². The van der Waals surface area contributed by atoms with E-state index in [-0.39, 0.29) is 6.29 Å². The lowest BCUT2D eigenvalue weighted by atomic mass is 10.0. The van der Waals surface area contributed by atoms with E-state index in [1.807, 2.05) is 0 Å². The van der Waals surface area contributed by atoms with Crippen LogP contribution in [0.25, 0.3) is 10.8 Å². The van der Waals surface area contributed by atoms with E-state index in [9.17, 15) is 0 Å². The number of fused-ring (bicyclic) bond motifs is 1. The van der Waals surface area contributed by atoms with E-state index >= 15 is 0 Å². The first kappa shape index (κ1) is 12.0. The van der Waals surface area contributed by atoms with Crippen molar-refractivity contribution in [2.75, 3.05) is 18.4 Å². The molecule has 3 nitrogen and oxygen atoms in total. The van der Waals surface area contributed by atoms with Crippen LogP contribution in [0, 0.1) is 6.92 Å². The van der Waals surface area contributed by atoms with Crippen molar-refractivity contribution in [2.45, 2.75) is 13.2 Å². The van der Waals surface area contributed by atoms with Gasteiger partial charge in [0.2, 0.25) is 0 Å². The summed E-state index contributed by atoms with van der Waals surface area (Å²) in [5.41, 5.74) is 2.43. The van der Waals surface area contributed by atoms with Gasteiger partial charge in [-0.05, 0) is 39.9 Å². The average Bonchev–Trinajstić information content (AvgIpc) is 2.87. The Labute approximate surface area is 115 Å². The van der Waals surface area contributed by atoms with E-state index < -0.39 is 0 Å². The molecule has 0 radical (unpaired) electrons. The molecule has 94 valence electrons. The van der Waals surface area contributed by atoms with Gasteiger partial charge >= 0.3 is 0 Å². The number of rotatable bonds is 2. The van der Waals surface area contributed by atoms with Crippen LogP contribution in [0.15, 0.2) is 34.8 Å². The maximum Gasteiger partial charge on any atom is 0.132 e. The molecular formula is C14H16BrN3. The first-order valence-electron chi connectivity index (χ1n) is 6.17. The summed E-state index contributed by atoms with van der Waals surface area (Å²) < 4.78 is 1.11. The summed E-state index contributed by atoms with van der Waals surface area (Å²) in [6.45, 7) is 4.14. The summed E-state index contributed by atoms with van der Waals surface area (Å²) in [6, 6.07) is 10.6. The van der Waals surface area contributed by atoms with Crippen LogP contribution in [0.4, 0.5) is 5.69 Å². The zero-order valence-electron chi connectivity index (χ0n) is 10.3. The van der Waals surface area contributed by atoms with E-state index in [0.717, 1.165) is 23.2 Å². The zero-order chi connectivity index (χ0) is 12.5. The highest BCUT2D eigenvalue weighted by molar-refractivity contribution is 9.10. The largest absolute Gasteiger partial charge is 0.356 e. The number of benzene rings is 2. The molecule has 1 fully saturated rings. The quantitative estimate of drug-likeness (QED) is 0.798. The normalized spacial score (nSPS) is 16.3. The smallest absolute Gasteiger partial charge is 0.132 e. The fourth-order valence-corrected chi connectivity index (χ4v) is 3.08. The second-order valence-electron chi connectivity index (χ2n) is 4.58. The highest BCUT2D eigenvalue weighted by atomic mass is 79.9. The molecule has 0 atom stereocenters. The third kappa shape index (κ3) is 2.11. The summed E-state index contributed by atoms with van der Waals surface area (Å²) in [5.74, 6) is 0. The zero-order valence-corrected chi connectivity index (χ0v) is 11.8. The molecule has 0 aromatic heterocycles. The van der Waals surface area contributed by atoms with Crippen LogP contribution in [0.3, 0.4) is 0 Å². The SMILES string of the molecule is Cc1cc(Br)c(NC2NCCN2)c2ccccc12. The Kier molecular flexibility index (Phi) is 3.24. The van der Waals surface area contributed by atoms with Gasteiger partial charge in [0.1, 0.15) is 6.29 Å². The predicted molar refractivity (Wildman–Crippen MR) is 79.8 cm³/mol. The molecule has 4 heteroatoms. The molecule has 0 aliphatic carbocycles. The van der Waals surface area contributed by atoms with Gasteiger partial charge in [0.05, 0.1) is 5.69 Å². The van der Waals surface area contributed by atoms with Gasteiger partial charge in [-0.25, -0.2) is 0 Å². The molecule has 1 heterocycles. The molecule has 2 aromatic rings. The first-order valence-corrected chi connectivity index (χ1v) is 6.96. The molecule has 1 saturated heterocycles. The van der Waals surface area contributed by atoms with E-state index in [1.165, 1.54) is 16.3 Å². The van der Waals surface area contributed by atoms with E-state index in [1.54, 1.807) is 0 Å². The van der Waals surface area contributed by atoms with Crippen molar-refractivity contribution in [2.24, 2.45) is 0 Å². The number of aryl methyl sites for hydroxylation is 1. The maximum absolute atomic E-state index is 3.66. The molecule has 18 heavy (non-hydrogen) atoms. The fourth-order valence-electron chi connectivity index (χ4n) is 2.41. The molecule has 1 aliphatic rings. The lowest BCUT2D eigenvalue weighted by molar-refractivity contribution is 0.621. The maximum atomic E-state index is 3.66. The Hall–Kier alpha value is -1.10. The van der Waals surface area contributed by atoms with Gasteiger partial charge in [-0.3, -0.25) is 10.6 Å². The third-order valence-corrected chi connectivity index (χ3v) is 3.94. The topological polar surface area (TPSA) is 36.1 Å². The second kappa shape index (κ2) is 4.88. The van der Waals surface area contributed by atoms with Crippen LogP contribution in [0.1, 0.15) is 5.56 Å². The minimum Gasteiger partial charge on any atom is -0.356 e. The van der Waals surface area contributed by atoms with Crippen LogP contribution in [0.2, 0.25) is 0 Å². The molecule has 3 rings (SSSR count). The standard InChI is InChI=1S/C14H16BrN3/c1-9-8-12(15)13(18-14-16-6-7-17-14)11-5-3-2-4-10(9)11/h2-5,8,14,16-18H,6-7H2,1H3. The molecule has 1 aliphatic heterocycles. The summed E-state index contributed by atoms with van der Waals surface area (Å²) in [7, 11) is 0. The molecule has 0 amide bonds. The number of halogens is 1. The molecule has 0 bridgehead atoms. The Morgan fingerprint density at radius 1 is 1.17 bits per heavy atom. The Balaban J connectivity index is 2.09. The number of hydrogen-bond donors (Lipinski definition) is 3. The van der Waals surface area contributed by atoms with Gasteiger partial charge in [-0.2, -0.15) is 0 Å². The Bertz CT molecular complexity index is 577. The van der Waals surface area contributed by atoms with E-state index in [0.29, 0.717) is 0 Å². The van der Waals surface area contributed by atoms with Crippen molar-refractivity contribution in [1.82, 2.24) is 10.6 Å². The van der Waals surface area contributed by atoms with E-state index in [4.69, 9.17) is 0 Å². The Morgan fingerprint density at radius 3 is 2.56 bits per heavy atom. The number of nitrogens with one attached hydrogen (secondary N) is 3. The molecule has 0 unspecified atom stereocenters. The fraction of sp³-hybridized carbons (Fsp3) is 0.286. The first-order chi connectivity index (χ1) is 8.75. The minimum absolute atomic E-state index is 0.146. The summed E-state index contributed by atoms with van der Waals surface area (Å²) in [5, 5.41) is 12.8. The summed E-state index contributed by atoms with van der Waals surface area (Å²) in [6.07, 6.45) is 0.146. The van der Waals surface area contributed by atoms with Gasteiger partial charge < -0.3 is 5.32 Å². The van der Waals surface area contributed by atoms with Crippen LogP contribution in [-0.2, 0) is 0 Å². The predicted octanol–water partition coefficient (Wildman–Crippen LogP) is 2.80. The molecular weight excluding hydrogens is 290 g/mol. The average molecular weight is 306 g/mol. The van der Waals surface area contributed by atoms with Gasteiger partial charge in [-0.15, -0.1) is 0 Å². The number of anilines is 1. The minimum atomic E-state index is 0.146. The van der Waals surface area contributed by atoms with Crippen LogP contribution < -0.4 is 16.0 Å². The van der Waals surface area contributed by atoms with Crippen molar-refractivity contribution in [3.8, 4) is 0 Å². The van der Waals surface area contributed by atoms with Crippen molar-refractivity contribution in [3.63, 3.8) is 0 Å². The second-order valence-corrected chi connectivity index (χ2v) is 5.44. The lowest BCUT2D eigenvalue weighted by Gasteiger charge is -2.19. The molecule has 2 aromatic carbocycles. The van der Waals surface area contributed by atoms with Gasteiger partial charge in [-0.1, -0.05) is 24.3 Å². The van der Waals surface area contributed by atoms with Crippen LogP contribution >= 0.6 is 15.9 Å². The van der Waals surface area contributed by atoms with Gasteiger partial charge in [0.15, 0.2) is 0 Å². The van der Waals surface area contributed by atoms with Crippen molar-refractivity contribution >= 4 is 32.4 Å². The number of hydrogen-bond acceptors (Lipinski definition) is 3. The monoisotopic (exact) mass is 305 g/mol. The summed E-state index contributed by atoms with van der Waals surface area (Å²) in [4.78, 5) is 0. The van der Waals surface area contributed by atoms with Crippen molar-refractivity contribution in [1.29, 1.82) is 0 Å². The molecule has 0 saturated carbocycles. The third-order valence-electron chi connectivity index (χ3n) is 3.31. The van der Waals surface area contributed by atoms with Gasteiger partial charge in [0, 0.05) is 22.9 Å². The van der Waals surface area contributed by atoms with Gasteiger partial charge in [0.25, 0.3) is 0 Å². The highest BCUT2D eigenvalue weighted by Crippen LogP contribution is 2.34. The van der Waals surface area contributed by atoms with Crippen LogP contribution in [-0.4, -0.2) is 19.4 Å². The molecule has 3 N–H and O–H groups in total. The Morgan fingerprint density at radius 2 is 1.83 bits per heavy atom. The van der Waals surface area contributed by atoms with Crippen molar-refractivity contribution in [3.05, 3.63) is 40.4 Å². The highest BCUT2D eigenvalue weighted by Gasteiger charge is 2.15. The lowest BCUT2D eigenvalue weighted by Crippen LogP contribution is -2.38. The van der Waals surface area contributed by atoms with Crippen LogP contribution in [0.5, 0.6) is 0 Å². The molecule has 0 spiro atoms.